The van der Waals surface area contributed by atoms with Gasteiger partial charge in [0.15, 0.2) is 0 Å². The van der Waals surface area contributed by atoms with Crippen LogP contribution in [-0.4, -0.2) is 11.0 Å². The van der Waals surface area contributed by atoms with E-state index in [9.17, 15) is 0 Å². The van der Waals surface area contributed by atoms with Crippen molar-refractivity contribution in [2.24, 2.45) is 5.73 Å². The van der Waals surface area contributed by atoms with Crippen molar-refractivity contribution in [3.63, 3.8) is 0 Å². The smallest absolute Gasteiger partial charge is 0.0946 e. The standard InChI is InChI=1S/C16H28N2S/c1-13(17)12-16-18-14-10-8-6-4-2-3-5-7-9-11-15(14)19-16/h13H,2-12,17H2,1H3. The Balaban J connectivity index is 2.02. The third kappa shape index (κ3) is 5.23. The highest BCUT2D eigenvalue weighted by molar-refractivity contribution is 7.11. The van der Waals surface area contributed by atoms with Crippen molar-refractivity contribution in [3.8, 4) is 0 Å². The summed E-state index contributed by atoms with van der Waals surface area (Å²) in [5, 5.41) is 1.26. The van der Waals surface area contributed by atoms with Crippen molar-refractivity contribution >= 4 is 11.3 Å². The van der Waals surface area contributed by atoms with Crippen LogP contribution in [0.2, 0.25) is 0 Å². The molecule has 19 heavy (non-hydrogen) atoms. The summed E-state index contributed by atoms with van der Waals surface area (Å²) in [6.45, 7) is 2.07. The molecule has 1 aliphatic carbocycles. The molecule has 2 N–H and O–H groups in total. The molecule has 0 radical (unpaired) electrons. The monoisotopic (exact) mass is 280 g/mol. The van der Waals surface area contributed by atoms with Gasteiger partial charge in [-0.15, -0.1) is 11.3 Å². The van der Waals surface area contributed by atoms with Gasteiger partial charge in [0.2, 0.25) is 0 Å². The fourth-order valence-electron chi connectivity index (χ4n) is 2.83. The van der Waals surface area contributed by atoms with Crippen LogP contribution in [0.4, 0.5) is 0 Å². The Labute approximate surface area is 121 Å². The number of nitrogens with two attached hydrogens (primary N) is 1. The van der Waals surface area contributed by atoms with Crippen molar-refractivity contribution in [2.75, 3.05) is 0 Å². The van der Waals surface area contributed by atoms with Gasteiger partial charge in [0.25, 0.3) is 0 Å². The molecule has 0 amide bonds. The highest BCUT2D eigenvalue weighted by atomic mass is 32.1. The Bertz CT molecular complexity index is 341. The molecule has 108 valence electrons. The van der Waals surface area contributed by atoms with Crippen LogP contribution in [0.25, 0.3) is 0 Å². The number of fused-ring (bicyclic) bond motifs is 1. The van der Waals surface area contributed by atoms with Gasteiger partial charge in [-0.1, -0.05) is 38.5 Å². The largest absolute Gasteiger partial charge is 0.328 e. The second-order valence-corrected chi connectivity index (χ2v) is 7.16. The minimum atomic E-state index is 0.230. The number of nitrogens with zero attached hydrogens (tertiary/aromatic N) is 1. The van der Waals surface area contributed by atoms with Crippen LogP contribution in [0.5, 0.6) is 0 Å². The number of hydrogen-bond donors (Lipinski definition) is 1. The van der Waals surface area contributed by atoms with E-state index in [1.54, 1.807) is 4.88 Å². The van der Waals surface area contributed by atoms with Crippen LogP contribution in [0.1, 0.15) is 73.9 Å². The maximum atomic E-state index is 5.90. The molecule has 2 nitrogen and oxygen atoms in total. The van der Waals surface area contributed by atoms with Crippen LogP contribution in [0.15, 0.2) is 0 Å². The molecule has 1 heterocycles. The SMILES string of the molecule is CC(N)Cc1nc2c(s1)CCCCCCCCCC2. The molecule has 1 atom stereocenters. The van der Waals surface area contributed by atoms with E-state index in [2.05, 4.69) is 6.92 Å². The van der Waals surface area contributed by atoms with E-state index < -0.39 is 0 Å². The van der Waals surface area contributed by atoms with E-state index in [4.69, 9.17) is 10.7 Å². The zero-order valence-electron chi connectivity index (χ0n) is 12.3. The zero-order chi connectivity index (χ0) is 13.5. The van der Waals surface area contributed by atoms with Crippen molar-refractivity contribution in [3.05, 3.63) is 15.6 Å². The molecule has 0 aromatic carbocycles. The Kier molecular flexibility index (Phi) is 6.32. The molecule has 1 unspecified atom stereocenters. The maximum absolute atomic E-state index is 5.90. The summed E-state index contributed by atoms with van der Waals surface area (Å²) in [6.07, 6.45) is 14.5. The lowest BCUT2D eigenvalue weighted by Crippen LogP contribution is -2.17. The molecular weight excluding hydrogens is 252 g/mol. The Morgan fingerprint density at radius 1 is 1.00 bits per heavy atom. The van der Waals surface area contributed by atoms with E-state index in [0.717, 1.165) is 6.42 Å². The zero-order valence-corrected chi connectivity index (χ0v) is 13.1. The van der Waals surface area contributed by atoms with Crippen LogP contribution >= 0.6 is 11.3 Å². The molecule has 0 aliphatic heterocycles. The third-order valence-corrected chi connectivity index (χ3v) is 5.07. The van der Waals surface area contributed by atoms with Gasteiger partial charge < -0.3 is 5.73 Å². The van der Waals surface area contributed by atoms with Crippen molar-refractivity contribution in [2.45, 2.75) is 83.6 Å². The molecular formula is C16H28N2S. The first-order chi connectivity index (χ1) is 9.25. The summed E-state index contributed by atoms with van der Waals surface area (Å²) >= 11 is 1.92. The van der Waals surface area contributed by atoms with Gasteiger partial charge in [-0.3, -0.25) is 0 Å². The highest BCUT2D eigenvalue weighted by Crippen LogP contribution is 2.25. The summed E-state index contributed by atoms with van der Waals surface area (Å²) in [4.78, 5) is 6.41. The minimum Gasteiger partial charge on any atom is -0.328 e. The summed E-state index contributed by atoms with van der Waals surface area (Å²) in [6, 6.07) is 0.230. The molecule has 1 aromatic rings. The topological polar surface area (TPSA) is 38.9 Å². The average molecular weight is 280 g/mol. The second-order valence-electron chi connectivity index (χ2n) is 5.99. The number of aryl methyl sites for hydroxylation is 2. The van der Waals surface area contributed by atoms with Gasteiger partial charge in [-0.25, -0.2) is 4.98 Å². The fraction of sp³-hybridized carbons (Fsp3) is 0.812. The summed E-state index contributed by atoms with van der Waals surface area (Å²) in [5.74, 6) is 0. The van der Waals surface area contributed by atoms with Gasteiger partial charge in [0.1, 0.15) is 0 Å². The lowest BCUT2D eigenvalue weighted by molar-refractivity contribution is 0.559. The van der Waals surface area contributed by atoms with Crippen molar-refractivity contribution < 1.29 is 0 Å². The molecule has 0 saturated heterocycles. The van der Waals surface area contributed by atoms with Gasteiger partial charge in [-0.2, -0.15) is 0 Å². The highest BCUT2D eigenvalue weighted by Gasteiger charge is 2.12. The lowest BCUT2D eigenvalue weighted by Gasteiger charge is -2.06. The van der Waals surface area contributed by atoms with E-state index in [-0.39, 0.29) is 6.04 Å². The Morgan fingerprint density at radius 3 is 2.21 bits per heavy atom. The number of aromatic nitrogens is 1. The van der Waals surface area contributed by atoms with Crippen LogP contribution in [0, 0.1) is 0 Å². The van der Waals surface area contributed by atoms with Crippen molar-refractivity contribution in [1.82, 2.24) is 4.98 Å². The van der Waals surface area contributed by atoms with Gasteiger partial charge in [0.05, 0.1) is 10.7 Å². The predicted octanol–water partition coefficient (Wildman–Crippen LogP) is 4.25. The van der Waals surface area contributed by atoms with E-state index in [1.807, 2.05) is 11.3 Å². The Hall–Kier alpha value is -0.410. The van der Waals surface area contributed by atoms with Gasteiger partial charge in [-0.05, 0) is 32.6 Å². The van der Waals surface area contributed by atoms with Crippen LogP contribution in [-0.2, 0) is 19.3 Å². The summed E-state index contributed by atoms with van der Waals surface area (Å²) < 4.78 is 0. The number of rotatable bonds is 2. The van der Waals surface area contributed by atoms with Crippen LogP contribution in [0.3, 0.4) is 0 Å². The first-order valence-electron chi connectivity index (χ1n) is 7.99. The van der Waals surface area contributed by atoms with E-state index in [0.29, 0.717) is 0 Å². The fourth-order valence-corrected chi connectivity index (χ4v) is 4.13. The third-order valence-electron chi connectivity index (χ3n) is 3.89. The summed E-state index contributed by atoms with van der Waals surface area (Å²) in [7, 11) is 0. The Morgan fingerprint density at radius 2 is 1.58 bits per heavy atom. The average Bonchev–Trinajstić information content (AvgIpc) is 2.70. The quantitative estimate of drug-likeness (QED) is 0.879. The molecule has 2 rings (SSSR count). The maximum Gasteiger partial charge on any atom is 0.0946 e. The van der Waals surface area contributed by atoms with E-state index >= 15 is 0 Å². The molecule has 0 bridgehead atoms. The first kappa shape index (κ1) is 15.0. The lowest BCUT2D eigenvalue weighted by atomic mass is 10.0. The summed E-state index contributed by atoms with van der Waals surface area (Å²) in [5.41, 5.74) is 7.29. The number of hydrogen-bond acceptors (Lipinski definition) is 3. The molecule has 0 saturated carbocycles. The molecule has 3 heteroatoms. The first-order valence-corrected chi connectivity index (χ1v) is 8.80. The molecule has 0 fully saturated rings. The van der Waals surface area contributed by atoms with Crippen molar-refractivity contribution in [1.29, 1.82) is 0 Å². The second kappa shape index (κ2) is 8.01. The minimum absolute atomic E-state index is 0.230. The molecule has 1 aromatic heterocycles. The number of thiazole rings is 1. The molecule has 1 aliphatic rings. The van der Waals surface area contributed by atoms with Gasteiger partial charge >= 0.3 is 0 Å². The normalized spacial score (nSPS) is 20.1. The van der Waals surface area contributed by atoms with Crippen LogP contribution < -0.4 is 5.73 Å². The van der Waals surface area contributed by atoms with E-state index in [1.165, 1.54) is 74.9 Å². The van der Waals surface area contributed by atoms with Gasteiger partial charge in [0, 0.05) is 17.3 Å². The predicted molar refractivity (Wildman–Crippen MR) is 83.8 cm³/mol. The molecule has 0 spiro atoms.